The van der Waals surface area contributed by atoms with Crippen molar-refractivity contribution in [1.29, 1.82) is 0 Å². The third-order valence-corrected chi connectivity index (χ3v) is 5.11. The van der Waals surface area contributed by atoms with Crippen LogP contribution in [0.25, 0.3) is 0 Å². The maximum absolute atomic E-state index is 12.7. The molecule has 3 amide bonds. The van der Waals surface area contributed by atoms with E-state index in [1.807, 2.05) is 37.3 Å². The number of amides is 3. The highest BCUT2D eigenvalue weighted by Crippen LogP contribution is 2.26. The molecule has 2 heterocycles. The van der Waals surface area contributed by atoms with Gasteiger partial charge in [0.1, 0.15) is 5.76 Å². The number of nitrogens with zero attached hydrogens (tertiary/aromatic N) is 1. The molecule has 1 aliphatic rings. The van der Waals surface area contributed by atoms with Crippen molar-refractivity contribution in [3.63, 3.8) is 0 Å². The fourth-order valence-electron chi connectivity index (χ4n) is 3.44. The second-order valence-corrected chi connectivity index (χ2v) is 7.31. The first-order valence-electron chi connectivity index (χ1n) is 9.98. The van der Waals surface area contributed by atoms with Crippen LogP contribution in [0.1, 0.15) is 55.4 Å². The summed E-state index contributed by atoms with van der Waals surface area (Å²) < 4.78 is 10.3. The molecule has 0 saturated heterocycles. The highest BCUT2D eigenvalue weighted by molar-refractivity contribution is 6.21. The van der Waals surface area contributed by atoms with Crippen molar-refractivity contribution < 1.29 is 28.3 Å². The zero-order chi connectivity index (χ0) is 22.7. The molecule has 8 nitrogen and oxygen atoms in total. The lowest BCUT2D eigenvalue weighted by atomic mass is 10.1. The van der Waals surface area contributed by atoms with E-state index in [0.29, 0.717) is 5.76 Å². The summed E-state index contributed by atoms with van der Waals surface area (Å²) in [6.45, 7) is 1.36. The minimum absolute atomic E-state index is 0.00109. The summed E-state index contributed by atoms with van der Waals surface area (Å²) in [7, 11) is 0. The van der Waals surface area contributed by atoms with E-state index in [1.165, 1.54) is 24.5 Å². The summed E-state index contributed by atoms with van der Waals surface area (Å²) in [5.41, 5.74) is 1.31. The Kier molecular flexibility index (Phi) is 5.85. The van der Waals surface area contributed by atoms with Crippen molar-refractivity contribution >= 4 is 23.7 Å². The molecular formula is C24H20N2O6. The number of nitrogens with one attached hydrogen (secondary N) is 1. The molecule has 2 aromatic carbocycles. The molecule has 32 heavy (non-hydrogen) atoms. The molecule has 1 N–H and O–H groups in total. The molecule has 1 atom stereocenters. The number of benzene rings is 2. The maximum Gasteiger partial charge on any atom is 0.338 e. The Balaban J connectivity index is 1.37. The van der Waals surface area contributed by atoms with Gasteiger partial charge < -0.3 is 14.5 Å². The lowest BCUT2D eigenvalue weighted by Crippen LogP contribution is -2.31. The van der Waals surface area contributed by atoms with Gasteiger partial charge in [-0.15, -0.1) is 0 Å². The topological polar surface area (TPSA) is 106 Å². The van der Waals surface area contributed by atoms with E-state index in [2.05, 4.69) is 5.32 Å². The molecular weight excluding hydrogens is 412 g/mol. The van der Waals surface area contributed by atoms with E-state index >= 15 is 0 Å². The van der Waals surface area contributed by atoms with Gasteiger partial charge >= 0.3 is 5.97 Å². The molecule has 4 rings (SSSR count). The van der Waals surface area contributed by atoms with Crippen LogP contribution in [0.5, 0.6) is 0 Å². The lowest BCUT2D eigenvalue weighted by Gasteiger charge is -2.14. The van der Waals surface area contributed by atoms with Gasteiger partial charge in [-0.05, 0) is 42.8 Å². The molecule has 0 fully saturated rings. The third-order valence-electron chi connectivity index (χ3n) is 5.11. The summed E-state index contributed by atoms with van der Waals surface area (Å²) in [5, 5.41) is 2.75. The third kappa shape index (κ3) is 4.29. The number of carbonyl (C=O) groups is 4. The predicted octanol–water partition coefficient (Wildman–Crippen LogP) is 3.11. The molecule has 162 valence electrons. The highest BCUT2D eigenvalue weighted by Gasteiger charge is 2.36. The van der Waals surface area contributed by atoms with Gasteiger partial charge in [-0.3, -0.25) is 19.3 Å². The Hall–Kier alpha value is -4.20. The Morgan fingerprint density at radius 1 is 1.00 bits per heavy atom. The van der Waals surface area contributed by atoms with Gasteiger partial charge in [-0.25, -0.2) is 4.79 Å². The Labute approximate surface area is 183 Å². The van der Waals surface area contributed by atoms with Gasteiger partial charge in [0.25, 0.3) is 17.7 Å². The molecule has 3 aromatic rings. The summed E-state index contributed by atoms with van der Waals surface area (Å²) in [4.78, 5) is 50.8. The van der Waals surface area contributed by atoms with E-state index in [1.54, 1.807) is 12.1 Å². The van der Waals surface area contributed by atoms with Crippen LogP contribution >= 0.6 is 0 Å². The molecule has 0 radical (unpaired) electrons. The first-order valence-corrected chi connectivity index (χ1v) is 9.98. The monoisotopic (exact) mass is 432 g/mol. The molecule has 0 unspecified atom stereocenters. The second-order valence-electron chi connectivity index (χ2n) is 7.31. The van der Waals surface area contributed by atoms with Crippen LogP contribution in [0.15, 0.2) is 71.3 Å². The molecule has 8 heteroatoms. The second kappa shape index (κ2) is 8.89. The van der Waals surface area contributed by atoms with E-state index in [9.17, 15) is 19.2 Å². The SMILES string of the molecule is C[C@H](NC(=O)COC(=O)c1ccc2c(c1)C(=O)N(Cc1ccco1)C2=O)c1ccccc1. The van der Waals surface area contributed by atoms with Crippen LogP contribution in [0.2, 0.25) is 0 Å². The zero-order valence-electron chi connectivity index (χ0n) is 17.2. The Morgan fingerprint density at radius 3 is 2.47 bits per heavy atom. The number of imide groups is 1. The molecule has 1 aromatic heterocycles. The van der Waals surface area contributed by atoms with Crippen molar-refractivity contribution in [3.05, 3.63) is 94.9 Å². The number of ether oxygens (including phenoxy) is 1. The normalized spacial score (nSPS) is 13.6. The van der Waals surface area contributed by atoms with Crippen molar-refractivity contribution in [2.75, 3.05) is 6.61 Å². The van der Waals surface area contributed by atoms with Gasteiger partial charge in [-0.2, -0.15) is 0 Å². The van der Waals surface area contributed by atoms with Crippen LogP contribution in [0.4, 0.5) is 0 Å². The molecule has 0 bridgehead atoms. The number of rotatable bonds is 7. The van der Waals surface area contributed by atoms with Crippen LogP contribution < -0.4 is 5.32 Å². The number of furan rings is 1. The largest absolute Gasteiger partial charge is 0.467 e. The fraction of sp³-hybridized carbons (Fsp3) is 0.167. The average molecular weight is 432 g/mol. The van der Waals surface area contributed by atoms with Crippen molar-refractivity contribution in [1.82, 2.24) is 10.2 Å². The fourth-order valence-corrected chi connectivity index (χ4v) is 3.44. The average Bonchev–Trinajstić information content (AvgIpc) is 3.41. The first kappa shape index (κ1) is 21.0. The van der Waals surface area contributed by atoms with Crippen LogP contribution in [-0.4, -0.2) is 35.2 Å². The van der Waals surface area contributed by atoms with E-state index in [0.717, 1.165) is 10.5 Å². The number of esters is 1. The first-order chi connectivity index (χ1) is 15.4. The number of carbonyl (C=O) groups excluding carboxylic acids is 4. The zero-order valence-corrected chi connectivity index (χ0v) is 17.2. The van der Waals surface area contributed by atoms with Gasteiger partial charge in [-0.1, -0.05) is 30.3 Å². The van der Waals surface area contributed by atoms with Gasteiger partial charge in [0.05, 0.1) is 35.5 Å². The van der Waals surface area contributed by atoms with Crippen LogP contribution in [-0.2, 0) is 16.1 Å². The van der Waals surface area contributed by atoms with E-state index < -0.39 is 30.3 Å². The molecule has 1 aliphatic heterocycles. The quantitative estimate of drug-likeness (QED) is 0.454. The number of hydrogen-bond donors (Lipinski definition) is 1. The Bertz CT molecular complexity index is 1170. The van der Waals surface area contributed by atoms with Crippen LogP contribution in [0.3, 0.4) is 0 Å². The number of fused-ring (bicyclic) bond motifs is 1. The van der Waals surface area contributed by atoms with Crippen molar-refractivity contribution in [2.24, 2.45) is 0 Å². The summed E-state index contributed by atoms with van der Waals surface area (Å²) in [6.07, 6.45) is 1.46. The Morgan fingerprint density at radius 2 is 1.75 bits per heavy atom. The van der Waals surface area contributed by atoms with Gasteiger partial charge in [0.2, 0.25) is 0 Å². The predicted molar refractivity (Wildman–Crippen MR) is 113 cm³/mol. The smallest absolute Gasteiger partial charge is 0.338 e. The lowest BCUT2D eigenvalue weighted by molar-refractivity contribution is -0.124. The minimum atomic E-state index is -0.764. The van der Waals surface area contributed by atoms with Gasteiger partial charge in [0.15, 0.2) is 6.61 Å². The maximum atomic E-state index is 12.7. The molecule has 0 aliphatic carbocycles. The standard InChI is InChI=1S/C24H20N2O6/c1-15(16-6-3-2-4-7-16)25-21(27)14-32-24(30)17-9-10-19-20(12-17)23(29)26(22(19)28)13-18-8-5-11-31-18/h2-12,15H,13-14H2,1H3,(H,25,27)/t15-/m0/s1. The van der Waals surface area contributed by atoms with Gasteiger partial charge in [0, 0.05) is 0 Å². The van der Waals surface area contributed by atoms with Crippen LogP contribution in [0, 0.1) is 0 Å². The summed E-state index contributed by atoms with van der Waals surface area (Å²) in [5.74, 6) is -1.73. The summed E-state index contributed by atoms with van der Waals surface area (Å²) >= 11 is 0. The molecule has 0 saturated carbocycles. The highest BCUT2D eigenvalue weighted by atomic mass is 16.5. The molecule has 0 spiro atoms. The van der Waals surface area contributed by atoms with E-state index in [-0.39, 0.29) is 29.3 Å². The summed E-state index contributed by atoms with van der Waals surface area (Å²) in [6, 6.07) is 16.6. The van der Waals surface area contributed by atoms with Crippen molar-refractivity contribution in [2.45, 2.75) is 19.5 Å². The van der Waals surface area contributed by atoms with E-state index in [4.69, 9.17) is 9.15 Å². The van der Waals surface area contributed by atoms with Crippen molar-refractivity contribution in [3.8, 4) is 0 Å². The minimum Gasteiger partial charge on any atom is -0.467 e. The number of hydrogen-bond acceptors (Lipinski definition) is 6.